The third-order valence-electron chi connectivity index (χ3n) is 8.07. The summed E-state index contributed by atoms with van der Waals surface area (Å²) in [6.45, 7) is 10.3. The standard InChI is InChI=1S/C31H33N5O/c1-4-23-12-13-25-24(6-5-7-27(25)33-23)26-16-22(17-32)30(34-29(26)20-8-9-20)35-14-15-36(28(18-35)19(2)3)31(37)21-10-11-21/h4-7,12-13,16,19-21,28H,1,8-11,14-15,18H2,2-3H3/t28-/m0/s1. The van der Waals surface area contributed by atoms with Crippen LogP contribution in [0.5, 0.6) is 0 Å². The van der Waals surface area contributed by atoms with Crippen molar-refractivity contribution in [3.63, 3.8) is 0 Å². The van der Waals surface area contributed by atoms with Crippen molar-refractivity contribution < 1.29 is 4.79 Å². The van der Waals surface area contributed by atoms with E-state index in [0.29, 0.717) is 42.9 Å². The van der Waals surface area contributed by atoms with E-state index in [9.17, 15) is 10.1 Å². The summed E-state index contributed by atoms with van der Waals surface area (Å²) < 4.78 is 0. The van der Waals surface area contributed by atoms with Crippen LogP contribution in [0, 0.1) is 23.2 Å². The molecule has 0 N–H and O–H groups in total. The molecule has 1 amide bonds. The molecule has 1 aromatic carbocycles. The molecule has 2 aromatic heterocycles. The topological polar surface area (TPSA) is 73.1 Å². The van der Waals surface area contributed by atoms with E-state index in [1.54, 1.807) is 6.08 Å². The second-order valence-electron chi connectivity index (χ2n) is 11.1. The number of piperazine rings is 1. The van der Waals surface area contributed by atoms with Gasteiger partial charge in [-0.25, -0.2) is 9.97 Å². The number of fused-ring (bicyclic) bond motifs is 1. The van der Waals surface area contributed by atoms with E-state index in [4.69, 9.17) is 9.97 Å². The van der Waals surface area contributed by atoms with E-state index in [0.717, 1.165) is 64.9 Å². The van der Waals surface area contributed by atoms with Crippen molar-refractivity contribution in [2.24, 2.45) is 11.8 Å². The largest absolute Gasteiger partial charge is 0.352 e. The van der Waals surface area contributed by atoms with E-state index in [-0.39, 0.29) is 12.0 Å². The number of carbonyl (C=O) groups excluding carboxylic acids is 1. The van der Waals surface area contributed by atoms with Gasteiger partial charge in [0.1, 0.15) is 11.9 Å². The summed E-state index contributed by atoms with van der Waals surface area (Å²) in [6.07, 6.45) is 6.04. The van der Waals surface area contributed by atoms with Crippen LogP contribution in [-0.2, 0) is 4.79 Å². The minimum absolute atomic E-state index is 0.127. The van der Waals surface area contributed by atoms with Gasteiger partial charge in [0.05, 0.1) is 28.5 Å². The molecule has 2 aliphatic carbocycles. The molecule has 0 unspecified atom stereocenters. The molecule has 37 heavy (non-hydrogen) atoms. The van der Waals surface area contributed by atoms with E-state index in [1.165, 1.54) is 0 Å². The lowest BCUT2D eigenvalue weighted by molar-refractivity contribution is -0.136. The summed E-state index contributed by atoms with van der Waals surface area (Å²) in [4.78, 5) is 27.3. The van der Waals surface area contributed by atoms with Gasteiger partial charge in [-0.15, -0.1) is 0 Å². The summed E-state index contributed by atoms with van der Waals surface area (Å²) in [5.74, 6) is 2.05. The predicted octanol–water partition coefficient (Wildman–Crippen LogP) is 5.77. The molecule has 1 saturated heterocycles. The molecule has 3 fully saturated rings. The van der Waals surface area contributed by atoms with Crippen LogP contribution < -0.4 is 4.90 Å². The van der Waals surface area contributed by atoms with Crippen LogP contribution in [0.3, 0.4) is 0 Å². The quantitative estimate of drug-likeness (QED) is 0.438. The Hall–Kier alpha value is -3.72. The number of nitriles is 1. The molecule has 6 nitrogen and oxygen atoms in total. The third-order valence-corrected chi connectivity index (χ3v) is 8.07. The molecule has 2 saturated carbocycles. The highest BCUT2D eigenvalue weighted by Crippen LogP contribution is 2.46. The second-order valence-corrected chi connectivity index (χ2v) is 11.1. The minimum atomic E-state index is 0.127. The van der Waals surface area contributed by atoms with Crippen molar-refractivity contribution in [3.8, 4) is 17.2 Å². The van der Waals surface area contributed by atoms with Crippen LogP contribution in [0.2, 0.25) is 0 Å². The summed E-state index contributed by atoms with van der Waals surface area (Å²) in [7, 11) is 0. The number of nitrogens with zero attached hydrogens (tertiary/aromatic N) is 5. The van der Waals surface area contributed by atoms with Crippen molar-refractivity contribution in [1.29, 1.82) is 5.26 Å². The third kappa shape index (κ3) is 4.37. The maximum Gasteiger partial charge on any atom is 0.226 e. The zero-order valence-electron chi connectivity index (χ0n) is 21.7. The maximum atomic E-state index is 13.0. The Bertz CT molecular complexity index is 1430. The van der Waals surface area contributed by atoms with Gasteiger partial charge < -0.3 is 9.80 Å². The van der Waals surface area contributed by atoms with Crippen LogP contribution in [0.4, 0.5) is 5.82 Å². The molecule has 3 heterocycles. The SMILES string of the molecule is C=Cc1ccc2c(-c3cc(C#N)c(N4CCN(C(=O)C5CC5)[C@H](C(C)C)C4)nc3C3CC3)cccc2n1. The van der Waals surface area contributed by atoms with Crippen LogP contribution >= 0.6 is 0 Å². The lowest BCUT2D eigenvalue weighted by Crippen LogP contribution is -2.58. The molecule has 6 heteroatoms. The summed E-state index contributed by atoms with van der Waals surface area (Å²) >= 11 is 0. The van der Waals surface area contributed by atoms with E-state index < -0.39 is 0 Å². The summed E-state index contributed by atoms with van der Waals surface area (Å²) in [6, 6.07) is 14.8. The Kier molecular flexibility index (Phi) is 5.95. The van der Waals surface area contributed by atoms with Crippen LogP contribution in [-0.4, -0.2) is 46.5 Å². The Balaban J connectivity index is 1.41. The van der Waals surface area contributed by atoms with Gasteiger partial charge in [-0.05, 0) is 61.4 Å². The number of hydrogen-bond donors (Lipinski definition) is 0. The van der Waals surface area contributed by atoms with Gasteiger partial charge in [-0.2, -0.15) is 5.26 Å². The Morgan fingerprint density at radius 1 is 1.11 bits per heavy atom. The van der Waals surface area contributed by atoms with Gasteiger partial charge in [0.15, 0.2) is 0 Å². The van der Waals surface area contributed by atoms with Crippen molar-refractivity contribution >= 4 is 28.7 Å². The highest BCUT2D eigenvalue weighted by Gasteiger charge is 2.40. The van der Waals surface area contributed by atoms with Crippen molar-refractivity contribution in [3.05, 3.63) is 59.9 Å². The summed E-state index contributed by atoms with van der Waals surface area (Å²) in [5.41, 5.74) is 5.53. The molecule has 188 valence electrons. The molecular weight excluding hydrogens is 458 g/mol. The molecular formula is C31H33N5O. The number of hydrogen-bond acceptors (Lipinski definition) is 5. The monoisotopic (exact) mass is 491 g/mol. The zero-order valence-corrected chi connectivity index (χ0v) is 21.7. The first-order chi connectivity index (χ1) is 18.0. The molecule has 6 rings (SSSR count). The predicted molar refractivity (Wildman–Crippen MR) is 147 cm³/mol. The van der Waals surface area contributed by atoms with Gasteiger partial charge in [0, 0.05) is 42.4 Å². The number of amides is 1. The van der Waals surface area contributed by atoms with Crippen LogP contribution in [0.15, 0.2) is 43.0 Å². The van der Waals surface area contributed by atoms with Crippen molar-refractivity contribution in [2.45, 2.75) is 51.5 Å². The van der Waals surface area contributed by atoms with Crippen LogP contribution in [0.25, 0.3) is 28.1 Å². The van der Waals surface area contributed by atoms with Gasteiger partial charge in [0.25, 0.3) is 0 Å². The second kappa shape index (κ2) is 9.30. The molecule has 3 aliphatic rings. The molecule has 1 atom stereocenters. The summed E-state index contributed by atoms with van der Waals surface area (Å²) in [5, 5.41) is 11.3. The Morgan fingerprint density at radius 3 is 2.59 bits per heavy atom. The fourth-order valence-electron chi connectivity index (χ4n) is 5.66. The van der Waals surface area contributed by atoms with E-state index >= 15 is 0 Å². The van der Waals surface area contributed by atoms with E-state index in [2.05, 4.69) is 48.4 Å². The average molecular weight is 492 g/mol. The maximum absolute atomic E-state index is 13.0. The molecule has 0 radical (unpaired) electrons. The number of pyridine rings is 2. The molecule has 0 spiro atoms. The zero-order chi connectivity index (χ0) is 25.7. The van der Waals surface area contributed by atoms with Gasteiger partial charge >= 0.3 is 0 Å². The number of rotatable bonds is 6. The first-order valence-electron chi connectivity index (χ1n) is 13.5. The normalized spacial score (nSPS) is 19.8. The Morgan fingerprint density at radius 2 is 1.92 bits per heavy atom. The number of benzene rings is 1. The lowest BCUT2D eigenvalue weighted by Gasteiger charge is -2.44. The fourth-order valence-corrected chi connectivity index (χ4v) is 5.66. The van der Waals surface area contributed by atoms with E-state index in [1.807, 2.05) is 24.3 Å². The Labute approximate surface area is 218 Å². The first-order valence-corrected chi connectivity index (χ1v) is 13.5. The first kappa shape index (κ1) is 23.7. The number of carbonyl (C=O) groups is 1. The van der Waals surface area contributed by atoms with Gasteiger partial charge in [-0.3, -0.25) is 4.79 Å². The van der Waals surface area contributed by atoms with Gasteiger partial charge in [-0.1, -0.05) is 38.6 Å². The highest BCUT2D eigenvalue weighted by molar-refractivity contribution is 5.96. The molecule has 3 aromatic rings. The van der Waals surface area contributed by atoms with Crippen LogP contribution in [0.1, 0.15) is 62.4 Å². The molecule has 1 aliphatic heterocycles. The number of anilines is 1. The van der Waals surface area contributed by atoms with Crippen molar-refractivity contribution in [2.75, 3.05) is 24.5 Å². The average Bonchev–Trinajstić information content (AvgIpc) is 3.84. The highest BCUT2D eigenvalue weighted by atomic mass is 16.2. The minimum Gasteiger partial charge on any atom is -0.352 e. The smallest absolute Gasteiger partial charge is 0.226 e. The van der Waals surface area contributed by atoms with Crippen molar-refractivity contribution in [1.82, 2.24) is 14.9 Å². The fraction of sp³-hybridized carbons (Fsp3) is 0.419. The number of aromatic nitrogens is 2. The lowest BCUT2D eigenvalue weighted by atomic mass is 9.95. The molecule has 0 bridgehead atoms. The van der Waals surface area contributed by atoms with Gasteiger partial charge in [0.2, 0.25) is 5.91 Å².